The van der Waals surface area contributed by atoms with E-state index in [4.69, 9.17) is 14.2 Å². The maximum atomic E-state index is 13.6. The fourth-order valence-electron chi connectivity index (χ4n) is 10.6. The quantitative estimate of drug-likeness (QED) is 0.0395. The summed E-state index contributed by atoms with van der Waals surface area (Å²) in [5, 5.41) is 0. The fraction of sp³-hybridized carbons (Fsp3) is 0.848. The van der Waals surface area contributed by atoms with E-state index in [9.17, 15) is 14.4 Å². The van der Waals surface area contributed by atoms with Crippen molar-refractivity contribution in [2.45, 2.75) is 161 Å². The van der Waals surface area contributed by atoms with Gasteiger partial charge >= 0.3 is 17.9 Å². The van der Waals surface area contributed by atoms with Crippen LogP contribution in [0.3, 0.4) is 0 Å². The number of ether oxygens (including phenoxy) is 3. The lowest BCUT2D eigenvalue weighted by molar-refractivity contribution is -0.163. The lowest BCUT2D eigenvalue weighted by Crippen LogP contribution is -2.48. The number of hydrogen-bond donors (Lipinski definition) is 0. The normalized spacial score (nSPS) is 27.0. The summed E-state index contributed by atoms with van der Waals surface area (Å²) in [5.74, 6) is 0.893. The van der Waals surface area contributed by atoms with Crippen molar-refractivity contribution >= 4 is 17.9 Å². The molecular weight excluding hydrogens is 677 g/mol. The summed E-state index contributed by atoms with van der Waals surface area (Å²) in [6, 6.07) is 0.623. The van der Waals surface area contributed by atoms with E-state index in [0.29, 0.717) is 30.2 Å². The number of carbonyl (C=O) groups excluding carboxylic acids is 3. The average molecular weight is 753 g/mol. The molecule has 4 saturated carbocycles. The van der Waals surface area contributed by atoms with Gasteiger partial charge in [-0.05, 0) is 147 Å². The van der Waals surface area contributed by atoms with Crippen LogP contribution in [0.25, 0.3) is 0 Å². The number of likely N-dealkylation sites (tertiary alicyclic amines) is 2. The third-order valence-corrected chi connectivity index (χ3v) is 13.8. The number of piperidine rings is 2. The Kier molecular flexibility index (Phi) is 18.4. The van der Waals surface area contributed by atoms with Crippen molar-refractivity contribution in [3.05, 3.63) is 24.3 Å². The summed E-state index contributed by atoms with van der Waals surface area (Å²) in [4.78, 5) is 44.7. The Morgan fingerprint density at radius 2 is 1.30 bits per heavy atom. The van der Waals surface area contributed by atoms with Crippen LogP contribution in [0, 0.1) is 35.0 Å². The molecule has 4 aliphatic carbocycles. The Hall–Kier alpha value is -2.19. The van der Waals surface area contributed by atoms with Crippen molar-refractivity contribution in [2.75, 3.05) is 52.5 Å². The van der Waals surface area contributed by atoms with Crippen LogP contribution in [-0.4, -0.2) is 86.3 Å². The SMILES string of the molecule is CCCCC/C=C\C/C=C\CCCCCCCCC(=O)OCC(COC(=O)C1CCN(C2CCN(CC)CC2)CC1)COC(=O)C12CC3CC(CC1C3)C2. The highest BCUT2D eigenvalue weighted by molar-refractivity contribution is 5.78. The topological polar surface area (TPSA) is 85.4 Å². The van der Waals surface area contributed by atoms with Crippen LogP contribution in [0.5, 0.6) is 0 Å². The van der Waals surface area contributed by atoms with E-state index >= 15 is 0 Å². The first-order valence-corrected chi connectivity index (χ1v) is 22.7. The molecule has 3 unspecified atom stereocenters. The van der Waals surface area contributed by atoms with Gasteiger partial charge < -0.3 is 24.0 Å². The van der Waals surface area contributed by atoms with Crippen molar-refractivity contribution in [1.82, 2.24) is 9.80 Å². The summed E-state index contributed by atoms with van der Waals surface area (Å²) in [6.45, 7) is 10.2. The molecule has 0 N–H and O–H groups in total. The van der Waals surface area contributed by atoms with Crippen molar-refractivity contribution in [3.63, 3.8) is 0 Å². The Labute approximate surface area is 328 Å². The second-order valence-electron chi connectivity index (χ2n) is 17.8. The fourth-order valence-corrected chi connectivity index (χ4v) is 10.6. The third-order valence-electron chi connectivity index (χ3n) is 13.8. The maximum absolute atomic E-state index is 13.6. The molecule has 0 spiro atoms. The second kappa shape index (κ2) is 23.1. The first-order chi connectivity index (χ1) is 26.4. The van der Waals surface area contributed by atoms with Gasteiger partial charge in [0, 0.05) is 12.5 Å². The molecule has 3 atom stereocenters. The van der Waals surface area contributed by atoms with E-state index < -0.39 is 0 Å². The Bertz CT molecular complexity index is 1170. The summed E-state index contributed by atoms with van der Waals surface area (Å²) in [6.07, 6.45) is 33.1. The van der Waals surface area contributed by atoms with Crippen LogP contribution < -0.4 is 0 Å². The van der Waals surface area contributed by atoms with E-state index in [2.05, 4.69) is 48.0 Å². The van der Waals surface area contributed by atoms with Crippen LogP contribution in [0.2, 0.25) is 0 Å². The summed E-state index contributed by atoms with van der Waals surface area (Å²) in [7, 11) is 0. The molecule has 6 fully saturated rings. The number of rotatable bonds is 25. The molecule has 54 heavy (non-hydrogen) atoms. The van der Waals surface area contributed by atoms with Gasteiger partial charge in [0.25, 0.3) is 0 Å². The van der Waals surface area contributed by atoms with Crippen LogP contribution in [0.15, 0.2) is 24.3 Å². The zero-order chi connectivity index (χ0) is 38.0. The Balaban J connectivity index is 0.968. The first kappa shape index (κ1) is 42.9. The van der Waals surface area contributed by atoms with Crippen molar-refractivity contribution < 1.29 is 28.6 Å². The molecule has 6 aliphatic rings. The standard InChI is InChI=1S/C46H76N2O6/c1-3-5-6-7-8-9-10-11-12-13-14-15-16-17-18-19-20-43(49)52-34-39(36-54-45(51)46-32-37-29-38(33-46)31-41(46)30-37)35-53-44(50)40-21-27-48(28-22-40)42-23-25-47(4-2)26-24-42/h8-9,11-12,37-42H,3-7,10,13-36H2,1-2H3/b9-8-,12-11-. The minimum absolute atomic E-state index is 0.0710. The largest absolute Gasteiger partial charge is 0.465 e. The molecule has 4 bridgehead atoms. The van der Waals surface area contributed by atoms with Gasteiger partial charge in [-0.2, -0.15) is 0 Å². The summed E-state index contributed by atoms with van der Waals surface area (Å²) >= 11 is 0. The van der Waals surface area contributed by atoms with Gasteiger partial charge in [-0.3, -0.25) is 14.4 Å². The third kappa shape index (κ3) is 13.2. The molecule has 0 amide bonds. The molecule has 0 aromatic rings. The molecule has 0 aromatic heterocycles. The first-order valence-electron chi connectivity index (χ1n) is 22.7. The molecule has 306 valence electrons. The monoisotopic (exact) mass is 753 g/mol. The molecule has 6 rings (SSSR count). The zero-order valence-electron chi connectivity index (χ0n) is 34.3. The number of esters is 3. The predicted molar refractivity (Wildman–Crippen MR) is 216 cm³/mol. The van der Waals surface area contributed by atoms with E-state index in [-0.39, 0.29) is 55.0 Å². The van der Waals surface area contributed by atoms with Crippen LogP contribution in [0.4, 0.5) is 0 Å². The highest BCUT2D eigenvalue weighted by atomic mass is 16.6. The minimum atomic E-state index is -0.353. The molecule has 8 heteroatoms. The highest BCUT2D eigenvalue weighted by Crippen LogP contribution is 2.65. The molecule has 0 aromatic carbocycles. The van der Waals surface area contributed by atoms with Gasteiger partial charge in [-0.15, -0.1) is 0 Å². The molecule has 0 radical (unpaired) electrons. The van der Waals surface area contributed by atoms with Crippen molar-refractivity contribution in [1.29, 1.82) is 0 Å². The smallest absolute Gasteiger partial charge is 0.312 e. The minimum Gasteiger partial charge on any atom is -0.465 e. The van der Waals surface area contributed by atoms with Gasteiger partial charge in [0.05, 0.1) is 17.3 Å². The molecular formula is C46H76N2O6. The Morgan fingerprint density at radius 1 is 0.685 bits per heavy atom. The Morgan fingerprint density at radius 3 is 1.96 bits per heavy atom. The lowest BCUT2D eigenvalue weighted by atomic mass is 9.75. The van der Waals surface area contributed by atoms with Crippen molar-refractivity contribution in [3.8, 4) is 0 Å². The molecule has 2 heterocycles. The van der Waals surface area contributed by atoms with Crippen molar-refractivity contribution in [2.24, 2.45) is 35.0 Å². The molecule has 2 saturated heterocycles. The highest BCUT2D eigenvalue weighted by Gasteiger charge is 2.62. The van der Waals surface area contributed by atoms with E-state index in [1.807, 2.05) is 0 Å². The summed E-state index contributed by atoms with van der Waals surface area (Å²) < 4.78 is 17.6. The number of hydrogen-bond acceptors (Lipinski definition) is 8. The number of nitrogens with zero attached hydrogens (tertiary/aromatic N) is 2. The average Bonchev–Trinajstić information content (AvgIpc) is 3.60. The number of carbonyl (C=O) groups is 3. The van der Waals surface area contributed by atoms with E-state index in [1.165, 1.54) is 77.3 Å². The maximum Gasteiger partial charge on any atom is 0.312 e. The van der Waals surface area contributed by atoms with E-state index in [0.717, 1.165) is 90.3 Å². The van der Waals surface area contributed by atoms with Crippen LogP contribution >= 0.6 is 0 Å². The van der Waals surface area contributed by atoms with Gasteiger partial charge in [-0.25, -0.2) is 0 Å². The lowest BCUT2D eigenvalue weighted by Gasteiger charge is -2.41. The van der Waals surface area contributed by atoms with E-state index in [1.54, 1.807) is 0 Å². The molecule has 8 nitrogen and oxygen atoms in total. The second-order valence-corrected chi connectivity index (χ2v) is 17.8. The predicted octanol–water partition coefficient (Wildman–Crippen LogP) is 9.46. The van der Waals surface area contributed by atoms with Gasteiger partial charge in [0.1, 0.15) is 19.8 Å². The number of allylic oxidation sites excluding steroid dienone is 4. The molecule has 2 aliphatic heterocycles. The van der Waals surface area contributed by atoms with Crippen LogP contribution in [0.1, 0.15) is 155 Å². The number of unbranched alkanes of at least 4 members (excludes halogenated alkanes) is 9. The van der Waals surface area contributed by atoms with Crippen LogP contribution in [-0.2, 0) is 28.6 Å². The summed E-state index contributed by atoms with van der Waals surface area (Å²) in [5.41, 5.74) is -0.311. The van der Waals surface area contributed by atoms with Gasteiger partial charge in [-0.1, -0.05) is 76.7 Å². The van der Waals surface area contributed by atoms with Gasteiger partial charge in [0.15, 0.2) is 0 Å². The zero-order valence-corrected chi connectivity index (χ0v) is 34.3. The van der Waals surface area contributed by atoms with Gasteiger partial charge in [0.2, 0.25) is 0 Å².